The summed E-state index contributed by atoms with van der Waals surface area (Å²) < 4.78 is 0. The zero-order valence-electron chi connectivity index (χ0n) is 13.2. The smallest absolute Gasteiger partial charge is 0.270 e. The van der Waals surface area contributed by atoms with Crippen molar-refractivity contribution in [3.8, 4) is 0 Å². The van der Waals surface area contributed by atoms with E-state index in [0.717, 1.165) is 11.6 Å². The quantitative estimate of drug-likeness (QED) is 0.417. The summed E-state index contributed by atoms with van der Waals surface area (Å²) in [5, 5.41) is 13.5. The first-order chi connectivity index (χ1) is 12.3. The van der Waals surface area contributed by atoms with Gasteiger partial charge < -0.3 is 0 Å². The number of hydrogen-bond donors (Lipinski definition) is 3. The van der Waals surface area contributed by atoms with Crippen LogP contribution >= 0.6 is 23.8 Å². The fourth-order valence-electron chi connectivity index (χ4n) is 1.93. The third-order valence-corrected chi connectivity index (χ3v) is 3.60. The van der Waals surface area contributed by atoms with Gasteiger partial charge in [-0.1, -0.05) is 29.8 Å². The van der Waals surface area contributed by atoms with Crippen LogP contribution in [-0.4, -0.2) is 21.9 Å². The van der Waals surface area contributed by atoms with Crippen molar-refractivity contribution in [2.75, 3.05) is 0 Å². The number of non-ortho nitro benzene ring substituents is 1. The third-order valence-electron chi connectivity index (χ3n) is 3.14. The number of halogens is 1. The first kappa shape index (κ1) is 19.3. The molecule has 0 atom stereocenters. The van der Waals surface area contributed by atoms with E-state index in [1.54, 1.807) is 24.3 Å². The van der Waals surface area contributed by atoms with Crippen molar-refractivity contribution in [3.63, 3.8) is 0 Å². The summed E-state index contributed by atoms with van der Waals surface area (Å²) in [7, 11) is 0. The fraction of sp³-hybridized carbons (Fsp3) is 0.0625. The molecule has 3 N–H and O–H groups in total. The summed E-state index contributed by atoms with van der Waals surface area (Å²) in [6, 6.07) is 11.9. The molecule has 0 radical (unpaired) electrons. The van der Waals surface area contributed by atoms with E-state index in [9.17, 15) is 19.7 Å². The van der Waals surface area contributed by atoms with Crippen LogP contribution in [0.25, 0.3) is 0 Å². The molecular weight excluding hydrogens is 380 g/mol. The summed E-state index contributed by atoms with van der Waals surface area (Å²) in [6.07, 6.45) is 0.0889. The van der Waals surface area contributed by atoms with Gasteiger partial charge in [-0.3, -0.25) is 35.9 Å². The van der Waals surface area contributed by atoms with Crippen LogP contribution in [0.2, 0.25) is 5.02 Å². The van der Waals surface area contributed by atoms with Gasteiger partial charge in [0.1, 0.15) is 0 Å². The molecule has 0 aliphatic carbocycles. The average molecular weight is 393 g/mol. The monoisotopic (exact) mass is 392 g/mol. The molecule has 0 fully saturated rings. The van der Waals surface area contributed by atoms with E-state index >= 15 is 0 Å². The number of hydrazine groups is 1. The first-order valence-electron chi connectivity index (χ1n) is 7.24. The van der Waals surface area contributed by atoms with E-state index in [0.29, 0.717) is 5.02 Å². The van der Waals surface area contributed by atoms with Crippen molar-refractivity contribution in [1.29, 1.82) is 0 Å². The Balaban J connectivity index is 1.83. The maximum atomic E-state index is 12.0. The van der Waals surface area contributed by atoms with E-state index in [4.69, 9.17) is 23.8 Å². The molecule has 2 aromatic carbocycles. The molecule has 2 rings (SSSR count). The molecule has 10 heteroatoms. The fourth-order valence-corrected chi connectivity index (χ4v) is 2.20. The van der Waals surface area contributed by atoms with Crippen molar-refractivity contribution >= 4 is 46.4 Å². The lowest BCUT2D eigenvalue weighted by molar-refractivity contribution is -0.384. The molecule has 0 unspecified atom stereocenters. The third kappa shape index (κ3) is 5.80. The number of carbonyl (C=O) groups excluding carboxylic acids is 2. The molecule has 0 aliphatic rings. The molecule has 26 heavy (non-hydrogen) atoms. The van der Waals surface area contributed by atoms with Crippen molar-refractivity contribution in [1.82, 2.24) is 16.2 Å². The second-order valence-electron chi connectivity index (χ2n) is 5.07. The van der Waals surface area contributed by atoms with E-state index in [2.05, 4.69) is 16.2 Å². The first-order valence-corrected chi connectivity index (χ1v) is 8.03. The Morgan fingerprint density at radius 2 is 1.81 bits per heavy atom. The predicted octanol–water partition coefficient (Wildman–Crippen LogP) is 2.13. The van der Waals surface area contributed by atoms with Crippen LogP contribution in [0.3, 0.4) is 0 Å². The highest BCUT2D eigenvalue weighted by Crippen LogP contribution is 2.13. The molecule has 0 aliphatic heterocycles. The maximum Gasteiger partial charge on any atom is 0.270 e. The zero-order valence-corrected chi connectivity index (χ0v) is 14.8. The Morgan fingerprint density at radius 3 is 2.46 bits per heavy atom. The second-order valence-corrected chi connectivity index (χ2v) is 5.91. The van der Waals surface area contributed by atoms with Crippen molar-refractivity contribution in [2.45, 2.75) is 6.42 Å². The van der Waals surface area contributed by atoms with E-state index in [-0.39, 0.29) is 28.7 Å². The van der Waals surface area contributed by atoms with Gasteiger partial charge in [0, 0.05) is 22.7 Å². The Hall–Kier alpha value is -3.04. The average Bonchev–Trinajstić information content (AvgIpc) is 2.62. The Kier molecular flexibility index (Phi) is 6.59. The van der Waals surface area contributed by atoms with E-state index < -0.39 is 10.8 Å². The SMILES string of the molecule is O=C(Cc1ccc(Cl)cc1)NNC(=S)NC(=O)c1cccc([N+](=O)[O-])c1. The van der Waals surface area contributed by atoms with Gasteiger partial charge in [-0.05, 0) is 36.0 Å². The molecule has 8 nitrogen and oxygen atoms in total. The Labute approximate surface area is 158 Å². The van der Waals surface area contributed by atoms with Crippen LogP contribution in [-0.2, 0) is 11.2 Å². The Bertz CT molecular complexity index is 858. The molecule has 0 spiro atoms. The highest BCUT2D eigenvalue weighted by Gasteiger charge is 2.13. The molecular formula is C16H13ClN4O4S. The summed E-state index contributed by atoms with van der Waals surface area (Å²) in [4.78, 5) is 34.0. The number of rotatable bonds is 4. The number of hydrogen-bond acceptors (Lipinski definition) is 5. The lowest BCUT2D eigenvalue weighted by Gasteiger charge is -2.11. The number of nitrogens with one attached hydrogen (secondary N) is 3. The molecule has 2 aromatic rings. The van der Waals surface area contributed by atoms with Crippen LogP contribution in [0.15, 0.2) is 48.5 Å². The lowest BCUT2D eigenvalue weighted by Crippen LogP contribution is -2.48. The molecule has 0 saturated carbocycles. The van der Waals surface area contributed by atoms with Crippen LogP contribution in [0.4, 0.5) is 5.69 Å². The highest BCUT2D eigenvalue weighted by molar-refractivity contribution is 7.80. The highest BCUT2D eigenvalue weighted by atomic mass is 35.5. The van der Waals surface area contributed by atoms with E-state index in [1.807, 2.05) is 0 Å². The number of benzene rings is 2. The molecule has 2 amide bonds. The zero-order chi connectivity index (χ0) is 19.1. The summed E-state index contributed by atoms with van der Waals surface area (Å²) in [5.74, 6) is -1.02. The van der Waals surface area contributed by atoms with Crippen molar-refractivity contribution < 1.29 is 14.5 Å². The number of nitrogens with zero attached hydrogens (tertiary/aromatic N) is 1. The molecule has 0 saturated heterocycles. The normalized spacial score (nSPS) is 9.88. The summed E-state index contributed by atoms with van der Waals surface area (Å²) in [6.45, 7) is 0. The van der Waals surface area contributed by atoms with Crippen LogP contribution in [0, 0.1) is 10.1 Å². The molecule has 0 bridgehead atoms. The van der Waals surface area contributed by atoms with Gasteiger partial charge in [0.15, 0.2) is 5.11 Å². The minimum absolute atomic E-state index is 0.0656. The molecule has 0 heterocycles. The maximum absolute atomic E-state index is 12.0. The topological polar surface area (TPSA) is 113 Å². The molecule has 134 valence electrons. The van der Waals surface area contributed by atoms with Crippen LogP contribution < -0.4 is 16.2 Å². The second kappa shape index (κ2) is 8.88. The minimum Gasteiger partial charge on any atom is -0.298 e. The van der Waals surface area contributed by atoms with Gasteiger partial charge in [-0.25, -0.2) is 0 Å². The van der Waals surface area contributed by atoms with Crippen LogP contribution in [0.5, 0.6) is 0 Å². The number of thiocarbonyl (C=S) groups is 1. The van der Waals surface area contributed by atoms with Crippen LogP contribution in [0.1, 0.15) is 15.9 Å². The Morgan fingerprint density at radius 1 is 1.12 bits per heavy atom. The van der Waals surface area contributed by atoms with Gasteiger partial charge in [-0.15, -0.1) is 0 Å². The van der Waals surface area contributed by atoms with Crippen molar-refractivity contribution in [2.24, 2.45) is 0 Å². The van der Waals surface area contributed by atoms with Gasteiger partial charge in [0.2, 0.25) is 5.91 Å². The van der Waals surface area contributed by atoms with Gasteiger partial charge in [0.05, 0.1) is 11.3 Å². The predicted molar refractivity (Wildman–Crippen MR) is 99.6 cm³/mol. The molecule has 0 aromatic heterocycles. The number of nitro groups is 1. The largest absolute Gasteiger partial charge is 0.298 e. The van der Waals surface area contributed by atoms with Gasteiger partial charge in [0.25, 0.3) is 11.6 Å². The number of carbonyl (C=O) groups is 2. The minimum atomic E-state index is -0.641. The van der Waals surface area contributed by atoms with Gasteiger partial charge in [-0.2, -0.15) is 0 Å². The van der Waals surface area contributed by atoms with Gasteiger partial charge >= 0.3 is 0 Å². The summed E-state index contributed by atoms with van der Waals surface area (Å²) in [5.41, 5.74) is 5.34. The summed E-state index contributed by atoms with van der Waals surface area (Å²) >= 11 is 10.7. The standard InChI is InChI=1S/C16H13ClN4O4S/c17-12-6-4-10(5-7-12)8-14(22)19-20-16(26)18-15(23)11-2-1-3-13(9-11)21(24)25/h1-7,9H,8H2,(H,19,22)(H2,18,20,23,26). The number of nitro benzene ring substituents is 1. The lowest BCUT2D eigenvalue weighted by atomic mass is 10.1. The number of amides is 2. The van der Waals surface area contributed by atoms with E-state index in [1.165, 1.54) is 18.2 Å². The van der Waals surface area contributed by atoms with Crippen molar-refractivity contribution in [3.05, 3.63) is 74.8 Å².